The molecule has 168 valence electrons. The van der Waals surface area contributed by atoms with Gasteiger partial charge in [0.15, 0.2) is 0 Å². The van der Waals surface area contributed by atoms with Crippen molar-refractivity contribution in [2.45, 2.75) is 38.1 Å². The number of H-pyrrole nitrogens is 1. The number of rotatable bonds is 7. The number of hydrogen-bond donors (Lipinski definition) is 2. The molecule has 0 aromatic carbocycles. The molecule has 0 radical (unpaired) electrons. The van der Waals surface area contributed by atoms with Crippen molar-refractivity contribution in [3.8, 4) is 6.07 Å². The molecule has 1 saturated heterocycles. The van der Waals surface area contributed by atoms with E-state index in [-0.39, 0.29) is 11.7 Å². The quantitative estimate of drug-likeness (QED) is 0.679. The number of sulfonamides is 1. The lowest BCUT2D eigenvalue weighted by Gasteiger charge is -2.36. The van der Waals surface area contributed by atoms with Crippen LogP contribution in [-0.4, -0.2) is 68.2 Å². The van der Waals surface area contributed by atoms with E-state index < -0.39 is 10.0 Å². The second-order valence-corrected chi connectivity index (χ2v) is 11.0. The average Bonchev–Trinajstić information content (AvgIpc) is 3.43. The molecular weight excluding hydrogens is 412 g/mol. The highest BCUT2D eigenvalue weighted by Gasteiger charge is 2.34. The maximum atomic E-state index is 12.9. The second kappa shape index (κ2) is 9.15. The Morgan fingerprint density at radius 3 is 2.77 bits per heavy atom. The summed E-state index contributed by atoms with van der Waals surface area (Å²) in [6, 6.07) is 4.53. The zero-order chi connectivity index (χ0) is 22.0. The first-order valence-electron chi connectivity index (χ1n) is 11.1. The lowest BCUT2D eigenvalue weighted by molar-refractivity contribution is 0.336. The number of aromatic amines is 1. The van der Waals surface area contributed by atoms with Crippen LogP contribution >= 0.6 is 0 Å². The van der Waals surface area contributed by atoms with Crippen molar-refractivity contribution in [1.82, 2.24) is 19.6 Å². The van der Waals surface area contributed by atoms with E-state index >= 15 is 0 Å². The van der Waals surface area contributed by atoms with E-state index in [4.69, 9.17) is 0 Å². The van der Waals surface area contributed by atoms with Crippen molar-refractivity contribution in [2.75, 3.05) is 44.4 Å². The molecule has 0 amide bonds. The summed E-state index contributed by atoms with van der Waals surface area (Å²) in [6.07, 6.45) is 8.06. The van der Waals surface area contributed by atoms with Gasteiger partial charge in [0.05, 0.1) is 17.0 Å². The van der Waals surface area contributed by atoms with Crippen molar-refractivity contribution >= 4 is 26.7 Å². The normalized spacial score (nSPS) is 25.0. The van der Waals surface area contributed by atoms with Gasteiger partial charge < -0.3 is 15.2 Å². The molecule has 3 heterocycles. The molecule has 1 atom stereocenters. The van der Waals surface area contributed by atoms with Crippen molar-refractivity contribution in [2.24, 2.45) is 11.8 Å². The van der Waals surface area contributed by atoms with E-state index in [2.05, 4.69) is 26.3 Å². The van der Waals surface area contributed by atoms with Gasteiger partial charge in [-0.2, -0.15) is 5.26 Å². The molecule has 2 N–H and O–H groups in total. The van der Waals surface area contributed by atoms with Crippen molar-refractivity contribution in [3.05, 3.63) is 24.0 Å². The first-order chi connectivity index (χ1) is 14.9. The Balaban J connectivity index is 1.38. The van der Waals surface area contributed by atoms with Gasteiger partial charge in [0, 0.05) is 44.0 Å². The Bertz CT molecular complexity index is 1050. The van der Waals surface area contributed by atoms with Gasteiger partial charge >= 0.3 is 0 Å². The molecule has 2 aromatic heterocycles. The van der Waals surface area contributed by atoms with Crippen LogP contribution in [-0.2, 0) is 10.0 Å². The minimum absolute atomic E-state index is 0.207. The third kappa shape index (κ3) is 4.56. The number of nitrogens with zero attached hydrogens (tertiary/aromatic N) is 4. The fourth-order valence-corrected chi connectivity index (χ4v) is 7.21. The average molecular weight is 445 g/mol. The summed E-state index contributed by atoms with van der Waals surface area (Å²) in [5, 5.41) is 13.7. The zero-order valence-electron chi connectivity index (χ0n) is 18.3. The summed E-state index contributed by atoms with van der Waals surface area (Å²) in [4.78, 5) is 9.64. The monoisotopic (exact) mass is 444 g/mol. The van der Waals surface area contributed by atoms with Crippen LogP contribution in [0, 0.1) is 23.2 Å². The fourth-order valence-electron chi connectivity index (χ4n) is 5.25. The van der Waals surface area contributed by atoms with E-state index in [0.29, 0.717) is 30.6 Å². The number of aromatic nitrogens is 2. The molecule has 2 aliphatic rings. The molecule has 1 aliphatic carbocycles. The van der Waals surface area contributed by atoms with E-state index in [9.17, 15) is 13.7 Å². The largest absolute Gasteiger partial charge is 0.370 e. The topological polar surface area (TPSA) is 105 Å². The molecule has 4 rings (SSSR count). The maximum absolute atomic E-state index is 12.9. The highest BCUT2D eigenvalue weighted by atomic mass is 32.2. The third-order valence-corrected chi connectivity index (χ3v) is 8.99. The van der Waals surface area contributed by atoms with Gasteiger partial charge in [0.1, 0.15) is 11.7 Å². The Labute approximate surface area is 184 Å². The van der Waals surface area contributed by atoms with E-state index in [1.165, 1.54) is 0 Å². The second-order valence-electron chi connectivity index (χ2n) is 9.01. The van der Waals surface area contributed by atoms with Crippen molar-refractivity contribution in [1.29, 1.82) is 5.26 Å². The molecule has 2 fully saturated rings. The summed E-state index contributed by atoms with van der Waals surface area (Å²) in [7, 11) is 0.758. The zero-order valence-corrected chi connectivity index (χ0v) is 19.2. The molecule has 9 heteroatoms. The van der Waals surface area contributed by atoms with Crippen LogP contribution in [0.25, 0.3) is 11.0 Å². The van der Waals surface area contributed by atoms with Crippen molar-refractivity contribution in [3.63, 3.8) is 0 Å². The van der Waals surface area contributed by atoms with Crippen LogP contribution in [0.1, 0.15) is 37.7 Å². The van der Waals surface area contributed by atoms with Gasteiger partial charge in [-0.1, -0.05) is 0 Å². The summed E-state index contributed by atoms with van der Waals surface area (Å²) in [5.74, 6) is 0.887. The molecule has 0 spiro atoms. The Kier molecular flexibility index (Phi) is 6.51. The Morgan fingerprint density at radius 2 is 2.06 bits per heavy atom. The van der Waals surface area contributed by atoms with Crippen LogP contribution in [0.4, 0.5) is 5.69 Å². The molecular formula is C22H32N6O2S. The van der Waals surface area contributed by atoms with E-state index in [1.54, 1.807) is 10.5 Å². The summed E-state index contributed by atoms with van der Waals surface area (Å²) in [5.41, 5.74) is 2.27. The van der Waals surface area contributed by atoms with Crippen LogP contribution in [0.3, 0.4) is 0 Å². The highest BCUT2D eigenvalue weighted by molar-refractivity contribution is 7.89. The summed E-state index contributed by atoms with van der Waals surface area (Å²) in [6.45, 7) is 2.17. The molecule has 2 aromatic rings. The molecule has 8 nitrogen and oxygen atoms in total. The third-order valence-electron chi connectivity index (χ3n) is 6.98. The van der Waals surface area contributed by atoms with Gasteiger partial charge in [0.25, 0.3) is 0 Å². The lowest BCUT2D eigenvalue weighted by atomic mass is 9.86. The minimum atomic E-state index is -3.20. The smallest absolute Gasteiger partial charge is 0.214 e. The first kappa shape index (κ1) is 22.1. The predicted octanol–water partition coefficient (Wildman–Crippen LogP) is 2.30. The van der Waals surface area contributed by atoms with Crippen LogP contribution in [0.15, 0.2) is 18.5 Å². The van der Waals surface area contributed by atoms with Crippen molar-refractivity contribution < 1.29 is 8.42 Å². The van der Waals surface area contributed by atoms with Crippen LogP contribution < -0.4 is 10.2 Å². The van der Waals surface area contributed by atoms with Crippen LogP contribution in [0.5, 0.6) is 0 Å². The van der Waals surface area contributed by atoms with Gasteiger partial charge in [-0.3, -0.25) is 0 Å². The molecule has 0 bridgehead atoms. The highest BCUT2D eigenvalue weighted by Crippen LogP contribution is 2.35. The molecule has 1 aliphatic heterocycles. The number of nitrogens with one attached hydrogen (secondary N) is 2. The Morgan fingerprint density at radius 1 is 1.29 bits per heavy atom. The number of hydrogen-bond acceptors (Lipinski definition) is 6. The van der Waals surface area contributed by atoms with Gasteiger partial charge in [-0.15, -0.1) is 0 Å². The number of pyridine rings is 1. The predicted molar refractivity (Wildman–Crippen MR) is 122 cm³/mol. The standard InChI is InChI=1S/C22H32N6O2S/c1-24-12-17-8-10-28(14-17)31(29,30)15-16-3-5-19(6-4-16)27(2)21-18(11-23)13-26-22-20(21)7-9-25-22/h7,9,13,16-17,19,24H,3-6,8,10,12,14-15H2,1-2H3,(H,25,26). The minimum Gasteiger partial charge on any atom is -0.370 e. The summed E-state index contributed by atoms with van der Waals surface area (Å²) >= 11 is 0. The molecule has 1 unspecified atom stereocenters. The van der Waals surface area contributed by atoms with Gasteiger partial charge in [-0.25, -0.2) is 17.7 Å². The number of anilines is 1. The maximum Gasteiger partial charge on any atom is 0.214 e. The van der Waals surface area contributed by atoms with Crippen LogP contribution in [0.2, 0.25) is 0 Å². The fraction of sp³-hybridized carbons (Fsp3) is 0.636. The molecule has 31 heavy (non-hydrogen) atoms. The SMILES string of the molecule is CNCC1CCN(S(=O)(=O)CC2CCC(N(C)c3c(C#N)cnc4[nH]ccc34)CC2)C1. The van der Waals surface area contributed by atoms with E-state index in [1.807, 2.05) is 26.4 Å². The number of fused-ring (bicyclic) bond motifs is 1. The number of nitriles is 1. The van der Waals surface area contributed by atoms with E-state index in [0.717, 1.165) is 55.4 Å². The first-order valence-corrected chi connectivity index (χ1v) is 12.7. The summed E-state index contributed by atoms with van der Waals surface area (Å²) < 4.78 is 27.6. The van der Waals surface area contributed by atoms with Gasteiger partial charge in [-0.05, 0) is 63.6 Å². The van der Waals surface area contributed by atoms with Gasteiger partial charge in [0.2, 0.25) is 10.0 Å². The Hall–Kier alpha value is -2.15. The molecule has 1 saturated carbocycles. The lowest BCUT2D eigenvalue weighted by Crippen LogP contribution is -2.39.